The second-order valence-corrected chi connectivity index (χ2v) is 8.12. The molecule has 3 heterocycles. The molecular weight excluding hydrogens is 338 g/mol. The van der Waals surface area contributed by atoms with Gasteiger partial charge in [0.2, 0.25) is 0 Å². The van der Waals surface area contributed by atoms with Gasteiger partial charge >= 0.3 is 0 Å². The third-order valence-electron chi connectivity index (χ3n) is 4.07. The zero-order valence-electron chi connectivity index (χ0n) is 13.1. The number of nitrogens with zero attached hydrogens (tertiary/aromatic N) is 4. The quantitative estimate of drug-likeness (QED) is 0.556. The van der Waals surface area contributed by atoms with Crippen molar-refractivity contribution >= 4 is 39.0 Å². The highest BCUT2D eigenvalue weighted by Crippen LogP contribution is 2.45. The van der Waals surface area contributed by atoms with Gasteiger partial charge in [-0.05, 0) is 48.1 Å². The molecular formula is C17H15N5S2. The van der Waals surface area contributed by atoms with E-state index in [2.05, 4.69) is 33.3 Å². The van der Waals surface area contributed by atoms with Crippen molar-refractivity contribution in [2.75, 3.05) is 5.73 Å². The van der Waals surface area contributed by atoms with Crippen molar-refractivity contribution in [3.05, 3.63) is 40.7 Å². The molecule has 1 atom stereocenters. The average Bonchev–Trinajstić information content (AvgIpc) is 3.33. The normalized spacial score (nSPS) is 15.3. The van der Waals surface area contributed by atoms with E-state index in [0.717, 1.165) is 11.6 Å². The molecule has 1 aliphatic rings. The molecule has 5 nitrogen and oxygen atoms in total. The van der Waals surface area contributed by atoms with Gasteiger partial charge in [0.05, 0.1) is 15.6 Å². The van der Waals surface area contributed by atoms with E-state index in [0.29, 0.717) is 11.0 Å². The molecule has 0 aromatic carbocycles. The van der Waals surface area contributed by atoms with Crippen molar-refractivity contribution in [1.82, 2.24) is 15.0 Å². The van der Waals surface area contributed by atoms with Crippen LogP contribution in [0.2, 0.25) is 0 Å². The van der Waals surface area contributed by atoms with Crippen molar-refractivity contribution < 1.29 is 0 Å². The van der Waals surface area contributed by atoms with Gasteiger partial charge in [-0.15, -0.1) is 11.3 Å². The number of nitrogens with two attached hydrogens (primary N) is 1. The maximum absolute atomic E-state index is 9.00. The summed E-state index contributed by atoms with van der Waals surface area (Å²) in [4.78, 5) is 13.0. The molecule has 3 aromatic rings. The lowest BCUT2D eigenvalue weighted by Gasteiger charge is -2.10. The van der Waals surface area contributed by atoms with Gasteiger partial charge in [0, 0.05) is 12.3 Å². The molecule has 3 aromatic heterocycles. The first kappa shape index (κ1) is 15.4. The Hall–Kier alpha value is -2.17. The van der Waals surface area contributed by atoms with Gasteiger partial charge in [-0.1, -0.05) is 11.8 Å². The number of fused-ring (bicyclic) bond motifs is 1. The molecule has 1 aliphatic carbocycles. The molecule has 4 rings (SSSR count). The number of nitriles is 1. The number of rotatable bonds is 4. The van der Waals surface area contributed by atoms with E-state index in [1.807, 2.05) is 12.3 Å². The van der Waals surface area contributed by atoms with Crippen molar-refractivity contribution in [2.45, 2.75) is 36.1 Å². The third-order valence-corrected chi connectivity index (χ3v) is 6.01. The molecule has 1 unspecified atom stereocenters. The van der Waals surface area contributed by atoms with Gasteiger partial charge in [-0.3, -0.25) is 4.98 Å². The van der Waals surface area contributed by atoms with Gasteiger partial charge in [-0.25, -0.2) is 9.97 Å². The molecule has 0 amide bonds. The fraction of sp³-hybridized carbons (Fsp3) is 0.294. The Bertz CT molecular complexity index is 955. The summed E-state index contributed by atoms with van der Waals surface area (Å²) >= 11 is 3.24. The van der Waals surface area contributed by atoms with Gasteiger partial charge in [0.25, 0.3) is 0 Å². The van der Waals surface area contributed by atoms with Crippen LogP contribution in [0.25, 0.3) is 10.1 Å². The second kappa shape index (κ2) is 6.04. The Morgan fingerprint density at radius 3 is 2.96 bits per heavy atom. The van der Waals surface area contributed by atoms with Crippen LogP contribution in [0.5, 0.6) is 0 Å². The number of anilines is 1. The molecule has 7 heteroatoms. The molecule has 0 spiro atoms. The summed E-state index contributed by atoms with van der Waals surface area (Å²) in [5, 5.41) is 13.2. The highest BCUT2D eigenvalue weighted by Gasteiger charge is 2.26. The Labute approximate surface area is 148 Å². The minimum atomic E-state index is 0.0784. The zero-order chi connectivity index (χ0) is 16.7. The van der Waals surface area contributed by atoms with E-state index < -0.39 is 0 Å². The summed E-state index contributed by atoms with van der Waals surface area (Å²) in [6.07, 6.45) is 4.54. The van der Waals surface area contributed by atoms with E-state index in [4.69, 9.17) is 11.0 Å². The van der Waals surface area contributed by atoms with E-state index in [9.17, 15) is 0 Å². The maximum Gasteiger partial charge on any atom is 0.191 e. The SMILES string of the molecule is CC(Sc1nc(N)cc(C#N)n1)c1cc2c(C3CC3)csc2cn1. The standard InChI is InChI=1S/C17H15N5S2/c1-9(24-17-21-11(6-18)4-16(19)22-17)14-5-12-13(10-2-3-10)8-23-15(12)7-20-14/h4-5,7-10H,2-3H2,1H3,(H2,19,21,22). The van der Waals surface area contributed by atoms with Gasteiger partial charge in [-0.2, -0.15) is 5.26 Å². The van der Waals surface area contributed by atoms with Crippen molar-refractivity contribution in [3.8, 4) is 6.07 Å². The molecule has 0 bridgehead atoms. The van der Waals surface area contributed by atoms with Gasteiger partial charge < -0.3 is 5.73 Å². The van der Waals surface area contributed by atoms with Crippen LogP contribution in [0.3, 0.4) is 0 Å². The number of hydrogen-bond acceptors (Lipinski definition) is 7. The molecule has 1 fully saturated rings. The van der Waals surface area contributed by atoms with Crippen molar-refractivity contribution in [1.29, 1.82) is 5.26 Å². The number of hydrogen-bond donors (Lipinski definition) is 1. The molecule has 0 aliphatic heterocycles. The minimum Gasteiger partial charge on any atom is -0.384 e. The summed E-state index contributed by atoms with van der Waals surface area (Å²) in [6, 6.07) is 5.68. The Balaban J connectivity index is 1.63. The lowest BCUT2D eigenvalue weighted by molar-refractivity contribution is 0.937. The largest absolute Gasteiger partial charge is 0.384 e. The number of thiophene rings is 1. The predicted octanol–water partition coefficient (Wildman–Crippen LogP) is 4.27. The first-order valence-corrected chi connectivity index (χ1v) is 9.48. The van der Waals surface area contributed by atoms with Crippen LogP contribution in [0, 0.1) is 11.3 Å². The summed E-state index contributed by atoms with van der Waals surface area (Å²) in [7, 11) is 0. The molecule has 0 saturated heterocycles. The first-order chi connectivity index (χ1) is 11.6. The van der Waals surface area contributed by atoms with E-state index in [1.165, 1.54) is 46.3 Å². The summed E-state index contributed by atoms with van der Waals surface area (Å²) in [6.45, 7) is 2.07. The maximum atomic E-state index is 9.00. The number of pyridine rings is 1. The van der Waals surface area contributed by atoms with Crippen LogP contribution in [0.1, 0.15) is 47.9 Å². The molecule has 1 saturated carbocycles. The van der Waals surface area contributed by atoms with Crippen molar-refractivity contribution in [3.63, 3.8) is 0 Å². The van der Waals surface area contributed by atoms with Crippen LogP contribution >= 0.6 is 23.1 Å². The fourth-order valence-electron chi connectivity index (χ4n) is 2.67. The number of aromatic nitrogens is 3. The Kier molecular flexibility index (Phi) is 3.87. The topological polar surface area (TPSA) is 88.5 Å². The smallest absolute Gasteiger partial charge is 0.191 e. The molecule has 120 valence electrons. The lowest BCUT2D eigenvalue weighted by atomic mass is 10.1. The summed E-state index contributed by atoms with van der Waals surface area (Å²) in [5.41, 5.74) is 8.49. The number of thioether (sulfide) groups is 1. The monoisotopic (exact) mass is 353 g/mol. The van der Waals surface area contributed by atoms with E-state index in [-0.39, 0.29) is 10.9 Å². The fourth-order valence-corrected chi connectivity index (χ4v) is 4.54. The van der Waals surface area contributed by atoms with Gasteiger partial charge in [0.1, 0.15) is 17.6 Å². The summed E-state index contributed by atoms with van der Waals surface area (Å²) in [5.74, 6) is 1.04. The first-order valence-electron chi connectivity index (χ1n) is 7.72. The number of nitrogen functional groups attached to an aromatic ring is 1. The summed E-state index contributed by atoms with van der Waals surface area (Å²) < 4.78 is 1.24. The van der Waals surface area contributed by atoms with Crippen LogP contribution in [0.15, 0.2) is 28.9 Å². The highest BCUT2D eigenvalue weighted by atomic mass is 32.2. The highest BCUT2D eigenvalue weighted by molar-refractivity contribution is 7.99. The molecule has 24 heavy (non-hydrogen) atoms. The Morgan fingerprint density at radius 2 is 2.21 bits per heavy atom. The lowest BCUT2D eigenvalue weighted by Crippen LogP contribution is -1.99. The third kappa shape index (κ3) is 2.95. The van der Waals surface area contributed by atoms with Crippen LogP contribution < -0.4 is 5.73 Å². The molecule has 0 radical (unpaired) electrons. The van der Waals surface area contributed by atoms with Crippen LogP contribution in [-0.2, 0) is 0 Å². The average molecular weight is 353 g/mol. The Morgan fingerprint density at radius 1 is 1.38 bits per heavy atom. The zero-order valence-corrected chi connectivity index (χ0v) is 14.7. The predicted molar refractivity (Wildman–Crippen MR) is 97.0 cm³/mol. The minimum absolute atomic E-state index is 0.0784. The van der Waals surface area contributed by atoms with E-state index in [1.54, 1.807) is 11.3 Å². The second-order valence-electron chi connectivity index (χ2n) is 5.90. The van der Waals surface area contributed by atoms with Crippen LogP contribution in [0.4, 0.5) is 5.82 Å². The molecule has 2 N–H and O–H groups in total. The van der Waals surface area contributed by atoms with Gasteiger partial charge in [0.15, 0.2) is 5.16 Å². The van der Waals surface area contributed by atoms with E-state index >= 15 is 0 Å². The van der Waals surface area contributed by atoms with Crippen molar-refractivity contribution in [2.24, 2.45) is 0 Å². The van der Waals surface area contributed by atoms with Crippen LogP contribution in [-0.4, -0.2) is 15.0 Å².